The molecule has 3 rings (SSSR count). The largest absolute Gasteiger partial charge is 0.236 e. The van der Waals surface area contributed by atoms with E-state index < -0.39 is 0 Å². The second-order valence-electron chi connectivity index (χ2n) is 5.04. The Hall–Kier alpha value is -0.280. The number of hydrogen-bond acceptors (Lipinski definition) is 3. The van der Waals surface area contributed by atoms with E-state index in [4.69, 9.17) is 11.6 Å². The minimum absolute atomic E-state index is 0.378. The van der Waals surface area contributed by atoms with E-state index in [-0.39, 0.29) is 0 Å². The molecule has 1 unspecified atom stereocenters. The monoisotopic (exact) mass is 240 g/mol. The van der Waals surface area contributed by atoms with Crippen molar-refractivity contribution in [2.24, 2.45) is 5.41 Å². The van der Waals surface area contributed by atoms with Crippen molar-refractivity contribution >= 4 is 23.4 Å². The van der Waals surface area contributed by atoms with Crippen molar-refractivity contribution in [3.63, 3.8) is 0 Å². The van der Waals surface area contributed by atoms with Crippen LogP contribution in [0.5, 0.6) is 0 Å². The van der Waals surface area contributed by atoms with Crippen LogP contribution >= 0.6 is 23.4 Å². The summed E-state index contributed by atoms with van der Waals surface area (Å²) in [4.78, 5) is 9.10. The molecule has 2 heterocycles. The molecule has 1 aliphatic carbocycles. The predicted molar refractivity (Wildman–Crippen MR) is 63.2 cm³/mol. The topological polar surface area (TPSA) is 25.8 Å². The molecular weight excluding hydrogens is 228 g/mol. The van der Waals surface area contributed by atoms with E-state index >= 15 is 0 Å². The first-order valence-corrected chi connectivity index (χ1v) is 6.74. The minimum Gasteiger partial charge on any atom is -0.236 e. The molecule has 1 saturated carbocycles. The molecule has 0 N–H and O–H groups in total. The van der Waals surface area contributed by atoms with Crippen LogP contribution in [-0.2, 0) is 11.5 Å². The van der Waals surface area contributed by atoms with Crippen molar-refractivity contribution in [1.82, 2.24) is 9.97 Å². The number of rotatable bonds is 1. The van der Waals surface area contributed by atoms with Crippen molar-refractivity contribution in [3.8, 4) is 0 Å². The lowest BCUT2D eigenvalue weighted by Crippen LogP contribution is -2.02. The number of halogens is 1. The van der Waals surface area contributed by atoms with Gasteiger partial charge in [0.1, 0.15) is 11.0 Å². The summed E-state index contributed by atoms with van der Waals surface area (Å²) in [5, 5.41) is 0.683. The van der Waals surface area contributed by atoms with Gasteiger partial charge in [0.25, 0.3) is 0 Å². The van der Waals surface area contributed by atoms with E-state index in [0.717, 1.165) is 28.6 Å². The van der Waals surface area contributed by atoms with Crippen molar-refractivity contribution in [1.29, 1.82) is 0 Å². The third-order valence-corrected chi connectivity index (χ3v) is 4.65. The molecule has 0 amide bonds. The van der Waals surface area contributed by atoms with Gasteiger partial charge in [-0.25, -0.2) is 9.97 Å². The Morgan fingerprint density at radius 1 is 1.33 bits per heavy atom. The van der Waals surface area contributed by atoms with Gasteiger partial charge >= 0.3 is 0 Å². The summed E-state index contributed by atoms with van der Waals surface area (Å²) < 4.78 is 0. The maximum Gasteiger partial charge on any atom is 0.137 e. The van der Waals surface area contributed by atoms with Crippen LogP contribution in [0.1, 0.15) is 43.3 Å². The van der Waals surface area contributed by atoms with Crippen molar-refractivity contribution < 1.29 is 0 Å². The lowest BCUT2D eigenvalue weighted by molar-refractivity contribution is 0.607. The van der Waals surface area contributed by atoms with Crippen LogP contribution in [0.25, 0.3) is 0 Å². The molecule has 1 atom stereocenters. The van der Waals surface area contributed by atoms with Crippen LogP contribution in [0.4, 0.5) is 0 Å². The highest BCUT2D eigenvalue weighted by atomic mass is 35.5. The fourth-order valence-corrected chi connectivity index (χ4v) is 3.48. The zero-order valence-electron chi connectivity index (χ0n) is 8.88. The van der Waals surface area contributed by atoms with Crippen LogP contribution in [0.2, 0.25) is 5.15 Å². The highest BCUT2D eigenvalue weighted by molar-refractivity contribution is 7.98. The number of fused-ring (bicyclic) bond motifs is 1. The first kappa shape index (κ1) is 9.91. The lowest BCUT2D eigenvalue weighted by atomic mass is 10.1. The van der Waals surface area contributed by atoms with Gasteiger partial charge in [-0.05, 0) is 11.8 Å². The lowest BCUT2D eigenvalue weighted by Gasteiger charge is -2.06. The van der Waals surface area contributed by atoms with Gasteiger partial charge in [-0.2, -0.15) is 11.8 Å². The smallest absolute Gasteiger partial charge is 0.137 e. The van der Waals surface area contributed by atoms with Crippen LogP contribution in [0.3, 0.4) is 0 Å². The second-order valence-corrected chi connectivity index (χ2v) is 6.38. The molecule has 1 aliphatic heterocycles. The van der Waals surface area contributed by atoms with Gasteiger partial charge < -0.3 is 0 Å². The fourth-order valence-electron chi connectivity index (χ4n) is 2.09. The van der Waals surface area contributed by atoms with Crippen LogP contribution in [-0.4, -0.2) is 9.97 Å². The van der Waals surface area contributed by atoms with Gasteiger partial charge in [0, 0.05) is 23.0 Å². The molecule has 0 saturated heterocycles. The highest BCUT2D eigenvalue weighted by Crippen LogP contribution is 2.57. The molecule has 1 aromatic rings. The summed E-state index contributed by atoms with van der Waals surface area (Å²) in [6.07, 6.45) is 1.19. The molecule has 2 aliphatic rings. The molecular formula is C11H13ClN2S. The number of hydrogen-bond donors (Lipinski definition) is 0. The van der Waals surface area contributed by atoms with Crippen molar-refractivity contribution in [2.75, 3.05) is 0 Å². The van der Waals surface area contributed by atoms with E-state index in [1.54, 1.807) is 0 Å². The Balaban J connectivity index is 2.01. The van der Waals surface area contributed by atoms with Crippen molar-refractivity contribution in [3.05, 3.63) is 22.2 Å². The van der Waals surface area contributed by atoms with Gasteiger partial charge in [-0.1, -0.05) is 25.4 Å². The SMILES string of the molecule is CC1(C)CC1c1nc(Cl)c2c(n1)CSC2. The molecule has 2 nitrogen and oxygen atoms in total. The number of nitrogens with zero attached hydrogens (tertiary/aromatic N) is 2. The van der Waals surface area contributed by atoms with E-state index in [1.807, 2.05) is 11.8 Å². The number of aromatic nitrogens is 2. The third kappa shape index (κ3) is 1.56. The standard InChI is InChI=1S/C11H13ClN2S/c1-11(2)3-7(11)10-13-8-5-15-4-6(8)9(12)14-10/h7H,3-5H2,1-2H3. The Kier molecular flexibility index (Phi) is 2.05. The molecule has 15 heavy (non-hydrogen) atoms. The Bertz CT molecular complexity index is 431. The summed E-state index contributed by atoms with van der Waals surface area (Å²) in [7, 11) is 0. The quantitative estimate of drug-likeness (QED) is 0.704. The van der Waals surface area contributed by atoms with Crippen LogP contribution in [0, 0.1) is 5.41 Å². The summed E-state index contributed by atoms with van der Waals surface area (Å²) in [6.45, 7) is 4.52. The molecule has 0 spiro atoms. The summed E-state index contributed by atoms with van der Waals surface area (Å²) >= 11 is 8.05. The Morgan fingerprint density at radius 2 is 2.07 bits per heavy atom. The maximum absolute atomic E-state index is 6.18. The Labute approximate surface area is 98.8 Å². The summed E-state index contributed by atoms with van der Waals surface area (Å²) in [5.74, 6) is 3.46. The van der Waals surface area contributed by atoms with E-state index in [9.17, 15) is 0 Å². The highest BCUT2D eigenvalue weighted by Gasteiger charge is 2.49. The van der Waals surface area contributed by atoms with Gasteiger partial charge in [-0.15, -0.1) is 0 Å². The summed E-state index contributed by atoms with van der Waals surface area (Å²) in [5.41, 5.74) is 2.70. The molecule has 0 aromatic carbocycles. The zero-order valence-corrected chi connectivity index (χ0v) is 10.5. The van der Waals surface area contributed by atoms with Gasteiger partial charge in [0.15, 0.2) is 0 Å². The first-order valence-electron chi connectivity index (χ1n) is 5.21. The fraction of sp³-hybridized carbons (Fsp3) is 0.636. The van der Waals surface area contributed by atoms with Crippen LogP contribution < -0.4 is 0 Å². The van der Waals surface area contributed by atoms with E-state index in [1.165, 1.54) is 6.42 Å². The predicted octanol–water partition coefficient (Wildman–Crippen LogP) is 3.39. The molecule has 0 bridgehead atoms. The van der Waals surface area contributed by atoms with Gasteiger partial charge in [0.05, 0.1) is 5.69 Å². The first-order chi connectivity index (χ1) is 7.08. The second kappa shape index (κ2) is 3.11. The molecule has 0 radical (unpaired) electrons. The third-order valence-electron chi connectivity index (χ3n) is 3.37. The van der Waals surface area contributed by atoms with E-state index in [2.05, 4.69) is 23.8 Å². The van der Waals surface area contributed by atoms with Gasteiger partial charge in [-0.3, -0.25) is 0 Å². The zero-order chi connectivity index (χ0) is 10.6. The average molecular weight is 241 g/mol. The molecule has 1 aromatic heterocycles. The molecule has 1 fully saturated rings. The van der Waals surface area contributed by atoms with Crippen molar-refractivity contribution in [2.45, 2.75) is 37.7 Å². The molecule has 4 heteroatoms. The van der Waals surface area contributed by atoms with E-state index in [0.29, 0.717) is 16.5 Å². The van der Waals surface area contributed by atoms with Crippen LogP contribution in [0.15, 0.2) is 0 Å². The minimum atomic E-state index is 0.378. The van der Waals surface area contributed by atoms with Gasteiger partial charge in [0.2, 0.25) is 0 Å². The number of thioether (sulfide) groups is 1. The maximum atomic E-state index is 6.18. The molecule has 80 valence electrons. The summed E-state index contributed by atoms with van der Waals surface area (Å²) in [6, 6.07) is 0. The Morgan fingerprint density at radius 3 is 2.73 bits per heavy atom. The normalized spacial score (nSPS) is 26.5. The average Bonchev–Trinajstić information content (AvgIpc) is 2.63.